The predicted octanol–water partition coefficient (Wildman–Crippen LogP) is 0.927. The zero-order chi connectivity index (χ0) is 10.8. The summed E-state index contributed by atoms with van der Waals surface area (Å²) in [6.45, 7) is 1.91. The Balaban J connectivity index is 2.23. The molecule has 1 atom stereocenters. The van der Waals surface area contributed by atoms with Crippen molar-refractivity contribution < 1.29 is 0 Å². The molecule has 1 aliphatic rings. The topological polar surface area (TPSA) is 71.8 Å². The number of nitrogens with zero attached hydrogens (tertiary/aromatic N) is 1. The maximum atomic E-state index is 11.4. The predicted molar refractivity (Wildman–Crippen MR) is 58.8 cm³/mol. The molecule has 3 N–H and O–H groups in total. The van der Waals surface area contributed by atoms with E-state index >= 15 is 0 Å². The van der Waals surface area contributed by atoms with Crippen LogP contribution in [0.4, 0.5) is 0 Å². The van der Waals surface area contributed by atoms with Gasteiger partial charge in [-0.2, -0.15) is 0 Å². The summed E-state index contributed by atoms with van der Waals surface area (Å²) in [5.41, 5.74) is 6.58. The van der Waals surface area contributed by atoms with Crippen molar-refractivity contribution in [2.45, 2.75) is 44.6 Å². The van der Waals surface area contributed by atoms with Crippen molar-refractivity contribution in [3.05, 3.63) is 27.9 Å². The molecule has 0 radical (unpaired) electrons. The lowest BCUT2D eigenvalue weighted by molar-refractivity contribution is 0.408. The highest BCUT2D eigenvalue weighted by Crippen LogP contribution is 2.34. The number of aromatic nitrogens is 2. The zero-order valence-electron chi connectivity index (χ0n) is 8.99. The lowest BCUT2D eigenvalue weighted by Gasteiger charge is -2.24. The highest BCUT2D eigenvalue weighted by atomic mass is 16.1. The van der Waals surface area contributed by atoms with E-state index in [1.54, 1.807) is 6.07 Å². The molecular weight excluding hydrogens is 190 g/mol. The van der Waals surface area contributed by atoms with E-state index in [1.807, 2.05) is 6.92 Å². The van der Waals surface area contributed by atoms with Crippen molar-refractivity contribution >= 4 is 0 Å². The van der Waals surface area contributed by atoms with Crippen LogP contribution in [0.15, 0.2) is 10.9 Å². The summed E-state index contributed by atoms with van der Waals surface area (Å²) in [7, 11) is 0. The Morgan fingerprint density at radius 1 is 1.67 bits per heavy atom. The van der Waals surface area contributed by atoms with Gasteiger partial charge < -0.3 is 10.7 Å². The molecule has 15 heavy (non-hydrogen) atoms. The second kappa shape index (κ2) is 4.14. The van der Waals surface area contributed by atoms with Crippen LogP contribution in [0.25, 0.3) is 0 Å². The van der Waals surface area contributed by atoms with Crippen LogP contribution in [0.1, 0.15) is 43.6 Å². The lowest BCUT2D eigenvalue weighted by Crippen LogP contribution is -2.24. The quantitative estimate of drug-likeness (QED) is 0.774. The second-order valence-corrected chi connectivity index (χ2v) is 4.43. The normalized spacial score (nSPS) is 18.5. The molecule has 0 bridgehead atoms. The maximum absolute atomic E-state index is 11.4. The Labute approximate surface area is 88.9 Å². The van der Waals surface area contributed by atoms with Crippen LogP contribution < -0.4 is 11.3 Å². The van der Waals surface area contributed by atoms with Gasteiger partial charge in [0.15, 0.2) is 0 Å². The molecule has 4 heteroatoms. The number of nitrogens with two attached hydrogens (primary N) is 1. The fraction of sp³-hybridized carbons (Fsp3) is 0.636. The van der Waals surface area contributed by atoms with E-state index in [1.165, 1.54) is 6.42 Å². The van der Waals surface area contributed by atoms with Gasteiger partial charge in [-0.25, -0.2) is 4.98 Å². The molecular formula is C11H17N3O. The van der Waals surface area contributed by atoms with Crippen molar-refractivity contribution in [2.24, 2.45) is 5.73 Å². The molecule has 1 aliphatic carbocycles. The lowest BCUT2D eigenvalue weighted by atomic mass is 9.83. The molecule has 82 valence electrons. The molecule has 0 aliphatic heterocycles. The number of H-pyrrole nitrogens is 1. The standard InChI is InChI=1S/C11H17N3O/c1-7(12)5-10-13-9(6-11(15)14-10)8-3-2-4-8/h6-8H,2-5,12H2,1H3,(H,13,14,15). The summed E-state index contributed by atoms with van der Waals surface area (Å²) in [5.74, 6) is 1.22. The number of aromatic amines is 1. The van der Waals surface area contributed by atoms with Gasteiger partial charge in [0.2, 0.25) is 0 Å². The van der Waals surface area contributed by atoms with Crippen LogP contribution in [0.3, 0.4) is 0 Å². The molecule has 0 saturated heterocycles. The minimum Gasteiger partial charge on any atom is -0.328 e. The minimum atomic E-state index is -0.0532. The monoisotopic (exact) mass is 207 g/mol. The molecule has 1 fully saturated rings. The summed E-state index contributed by atoms with van der Waals surface area (Å²) >= 11 is 0. The Bertz CT molecular complexity index is 393. The Hall–Kier alpha value is -1.16. The van der Waals surface area contributed by atoms with Gasteiger partial charge in [-0.3, -0.25) is 4.79 Å². The largest absolute Gasteiger partial charge is 0.328 e. The van der Waals surface area contributed by atoms with E-state index in [0.717, 1.165) is 24.4 Å². The van der Waals surface area contributed by atoms with Crippen molar-refractivity contribution in [3.8, 4) is 0 Å². The van der Waals surface area contributed by atoms with E-state index < -0.39 is 0 Å². The molecule has 4 nitrogen and oxygen atoms in total. The summed E-state index contributed by atoms with van der Waals surface area (Å²) in [4.78, 5) is 18.6. The fourth-order valence-electron chi connectivity index (χ4n) is 1.84. The summed E-state index contributed by atoms with van der Waals surface area (Å²) in [6, 6.07) is 1.65. The smallest absolute Gasteiger partial charge is 0.251 e. The van der Waals surface area contributed by atoms with Crippen molar-refractivity contribution in [1.29, 1.82) is 0 Å². The average Bonchev–Trinajstić information content (AvgIpc) is 1.96. The van der Waals surface area contributed by atoms with Gasteiger partial charge in [-0.05, 0) is 19.8 Å². The van der Waals surface area contributed by atoms with Crippen molar-refractivity contribution in [3.63, 3.8) is 0 Å². The van der Waals surface area contributed by atoms with E-state index in [4.69, 9.17) is 5.73 Å². The molecule has 2 rings (SSSR count). The van der Waals surface area contributed by atoms with Crippen LogP contribution in [0, 0.1) is 0 Å². The number of hydrogen-bond donors (Lipinski definition) is 2. The van der Waals surface area contributed by atoms with Crippen molar-refractivity contribution in [2.75, 3.05) is 0 Å². The highest BCUT2D eigenvalue weighted by Gasteiger charge is 2.21. The molecule has 1 unspecified atom stereocenters. The third-order valence-electron chi connectivity index (χ3n) is 2.85. The Morgan fingerprint density at radius 2 is 2.40 bits per heavy atom. The van der Waals surface area contributed by atoms with E-state index in [-0.39, 0.29) is 11.6 Å². The minimum absolute atomic E-state index is 0.0322. The third-order valence-corrected chi connectivity index (χ3v) is 2.85. The van der Waals surface area contributed by atoms with Crippen LogP contribution in [-0.4, -0.2) is 16.0 Å². The van der Waals surface area contributed by atoms with E-state index in [0.29, 0.717) is 12.3 Å². The van der Waals surface area contributed by atoms with Gasteiger partial charge in [0.25, 0.3) is 5.56 Å². The number of rotatable bonds is 3. The van der Waals surface area contributed by atoms with Crippen LogP contribution in [0.5, 0.6) is 0 Å². The first-order valence-electron chi connectivity index (χ1n) is 5.51. The molecule has 1 aromatic rings. The van der Waals surface area contributed by atoms with Gasteiger partial charge in [-0.15, -0.1) is 0 Å². The fourth-order valence-corrected chi connectivity index (χ4v) is 1.84. The zero-order valence-corrected chi connectivity index (χ0v) is 8.99. The molecule has 1 heterocycles. The Kier molecular flexibility index (Phi) is 2.86. The molecule has 0 amide bonds. The number of nitrogens with one attached hydrogen (secondary N) is 1. The third kappa shape index (κ3) is 2.45. The SMILES string of the molecule is CC(N)Cc1nc(C2CCC2)cc(=O)[nH]1. The first kappa shape index (κ1) is 10.4. The summed E-state index contributed by atoms with van der Waals surface area (Å²) in [6.07, 6.45) is 4.21. The Morgan fingerprint density at radius 3 is 2.93 bits per heavy atom. The van der Waals surface area contributed by atoms with Gasteiger partial charge in [-0.1, -0.05) is 6.42 Å². The van der Waals surface area contributed by atoms with Crippen LogP contribution >= 0.6 is 0 Å². The second-order valence-electron chi connectivity index (χ2n) is 4.43. The van der Waals surface area contributed by atoms with Gasteiger partial charge in [0.1, 0.15) is 5.82 Å². The van der Waals surface area contributed by atoms with Crippen molar-refractivity contribution in [1.82, 2.24) is 9.97 Å². The summed E-state index contributed by atoms with van der Waals surface area (Å²) in [5, 5.41) is 0. The number of hydrogen-bond acceptors (Lipinski definition) is 3. The average molecular weight is 207 g/mol. The highest BCUT2D eigenvalue weighted by molar-refractivity contribution is 5.11. The molecule has 0 spiro atoms. The van der Waals surface area contributed by atoms with E-state index in [2.05, 4.69) is 9.97 Å². The van der Waals surface area contributed by atoms with Gasteiger partial charge in [0, 0.05) is 24.4 Å². The van der Waals surface area contributed by atoms with Crippen LogP contribution in [-0.2, 0) is 6.42 Å². The van der Waals surface area contributed by atoms with Crippen LogP contribution in [0.2, 0.25) is 0 Å². The maximum Gasteiger partial charge on any atom is 0.251 e. The summed E-state index contributed by atoms with van der Waals surface area (Å²) < 4.78 is 0. The van der Waals surface area contributed by atoms with Gasteiger partial charge in [0.05, 0.1) is 5.69 Å². The molecule has 0 aromatic carbocycles. The first-order chi connectivity index (χ1) is 7.15. The first-order valence-corrected chi connectivity index (χ1v) is 5.51. The molecule has 1 saturated carbocycles. The van der Waals surface area contributed by atoms with Gasteiger partial charge >= 0.3 is 0 Å². The molecule has 1 aromatic heterocycles. The van der Waals surface area contributed by atoms with E-state index in [9.17, 15) is 4.79 Å².